The number of hydrogen-bond acceptors (Lipinski definition) is 9. The molecular formula is C39H42F5N5O5. The van der Waals surface area contributed by atoms with E-state index < -0.39 is 52.2 Å². The third kappa shape index (κ3) is 6.42. The van der Waals surface area contributed by atoms with Crippen LogP contribution in [0.1, 0.15) is 52.9 Å². The summed E-state index contributed by atoms with van der Waals surface area (Å²) in [6.45, 7) is 6.87. The number of carbonyl (C=O) groups is 1. The number of aromatic nitrogens is 2. The van der Waals surface area contributed by atoms with Crippen molar-refractivity contribution in [2.45, 2.75) is 82.3 Å². The highest BCUT2D eigenvalue weighted by Crippen LogP contribution is 2.44. The second kappa shape index (κ2) is 13.7. The van der Waals surface area contributed by atoms with Crippen LogP contribution in [0.4, 0.5) is 32.6 Å². The highest BCUT2D eigenvalue weighted by Gasteiger charge is 2.50. The predicted octanol–water partition coefficient (Wildman–Crippen LogP) is 7.53. The summed E-state index contributed by atoms with van der Waals surface area (Å²) in [6, 6.07) is 5.23. The molecule has 5 aliphatic heterocycles. The summed E-state index contributed by atoms with van der Waals surface area (Å²) in [4.78, 5) is 28.0. The van der Waals surface area contributed by atoms with Crippen LogP contribution in [-0.4, -0.2) is 102 Å². The Morgan fingerprint density at radius 2 is 1.76 bits per heavy atom. The molecule has 5 fully saturated rings. The maximum absolute atomic E-state index is 17.2. The van der Waals surface area contributed by atoms with E-state index in [-0.39, 0.29) is 76.7 Å². The first kappa shape index (κ1) is 36.5. The molecule has 0 spiro atoms. The van der Waals surface area contributed by atoms with Crippen LogP contribution in [0.2, 0.25) is 0 Å². The van der Waals surface area contributed by atoms with Gasteiger partial charge in [-0.05, 0) is 82.7 Å². The van der Waals surface area contributed by atoms with Crippen molar-refractivity contribution in [3.05, 3.63) is 53.6 Å². The molecule has 15 heteroatoms. The van der Waals surface area contributed by atoms with Gasteiger partial charge in [0.05, 0.1) is 17.1 Å². The van der Waals surface area contributed by atoms with E-state index >= 15 is 13.2 Å². The molecule has 9 rings (SSSR count). The zero-order valence-corrected chi connectivity index (χ0v) is 30.6. The first-order valence-corrected chi connectivity index (χ1v) is 18.3. The molecular weight excluding hydrogens is 713 g/mol. The molecule has 3 aromatic carbocycles. The summed E-state index contributed by atoms with van der Waals surface area (Å²) in [7, 11) is 1.40. The van der Waals surface area contributed by atoms with Gasteiger partial charge in [0.15, 0.2) is 24.2 Å². The molecule has 4 atom stereocenters. The fraction of sp³-hybridized carbons (Fsp3) is 0.513. The van der Waals surface area contributed by atoms with Crippen LogP contribution in [-0.2, 0) is 9.47 Å². The van der Waals surface area contributed by atoms with Crippen LogP contribution >= 0.6 is 0 Å². The molecule has 1 amide bonds. The van der Waals surface area contributed by atoms with Gasteiger partial charge in [0.25, 0.3) is 0 Å². The van der Waals surface area contributed by atoms with Crippen molar-refractivity contribution in [1.82, 2.24) is 19.8 Å². The molecule has 2 bridgehead atoms. The van der Waals surface area contributed by atoms with E-state index in [1.165, 1.54) is 25.3 Å². The van der Waals surface area contributed by atoms with Crippen molar-refractivity contribution >= 4 is 33.6 Å². The van der Waals surface area contributed by atoms with Crippen molar-refractivity contribution in [3.8, 4) is 22.9 Å². The number of alkyl halides is 1. The maximum Gasteiger partial charge on any atom is 0.410 e. The van der Waals surface area contributed by atoms with Crippen LogP contribution < -0.4 is 14.4 Å². The highest BCUT2D eigenvalue weighted by molar-refractivity contribution is 6.02. The number of nitrogens with zero attached hydrogens (tertiary/aromatic N) is 5. The van der Waals surface area contributed by atoms with Crippen LogP contribution in [0.5, 0.6) is 11.8 Å². The summed E-state index contributed by atoms with van der Waals surface area (Å²) in [6.07, 6.45) is 1.79. The SMILES string of the molecule is COCOc1cc(-c2c(F)cc3c(N4C[C@H]5CC[C@H]4CN5C(=O)OC(C)(C)C)nc(OC[C@@]45CCCN4C[C@H](F)C5)nc3c2F)c2c(F)c(F)ccc2c1. The predicted molar refractivity (Wildman–Crippen MR) is 190 cm³/mol. The number of methoxy groups -OCH3 is 1. The average Bonchev–Trinajstić information content (AvgIpc) is 3.66. The normalized spacial score (nSPS) is 24.1. The molecule has 0 saturated carbocycles. The number of piperidine rings is 2. The van der Waals surface area contributed by atoms with Crippen LogP contribution in [0, 0.1) is 23.3 Å². The van der Waals surface area contributed by atoms with Crippen molar-refractivity contribution in [2.75, 3.05) is 51.6 Å². The number of rotatable bonds is 8. The molecule has 54 heavy (non-hydrogen) atoms. The Balaban J connectivity index is 1.26. The van der Waals surface area contributed by atoms with Gasteiger partial charge in [-0.3, -0.25) is 4.90 Å². The zero-order valence-electron chi connectivity index (χ0n) is 30.6. The van der Waals surface area contributed by atoms with Gasteiger partial charge in [-0.25, -0.2) is 26.7 Å². The minimum Gasteiger partial charge on any atom is -0.468 e. The maximum atomic E-state index is 17.2. The molecule has 288 valence electrons. The summed E-state index contributed by atoms with van der Waals surface area (Å²) in [5, 5.41) is -0.169. The third-order valence-corrected chi connectivity index (χ3v) is 11.1. The zero-order chi connectivity index (χ0) is 38.1. The molecule has 5 aliphatic rings. The Kier molecular flexibility index (Phi) is 9.23. The van der Waals surface area contributed by atoms with E-state index in [1.54, 1.807) is 25.7 Å². The van der Waals surface area contributed by atoms with E-state index in [4.69, 9.17) is 23.9 Å². The number of piperazine rings is 1. The van der Waals surface area contributed by atoms with Crippen LogP contribution in [0.15, 0.2) is 30.3 Å². The summed E-state index contributed by atoms with van der Waals surface area (Å²) in [5.41, 5.74) is -2.50. The number of hydrogen-bond donors (Lipinski definition) is 0. The molecule has 0 radical (unpaired) electrons. The molecule has 10 nitrogen and oxygen atoms in total. The van der Waals surface area contributed by atoms with Gasteiger partial charge in [0.1, 0.15) is 41.3 Å². The van der Waals surface area contributed by atoms with Crippen molar-refractivity contribution < 1.29 is 45.7 Å². The van der Waals surface area contributed by atoms with Gasteiger partial charge in [0.2, 0.25) is 0 Å². The van der Waals surface area contributed by atoms with E-state index in [0.717, 1.165) is 25.1 Å². The quantitative estimate of drug-likeness (QED) is 0.134. The molecule has 6 heterocycles. The average molecular weight is 756 g/mol. The van der Waals surface area contributed by atoms with Gasteiger partial charge >= 0.3 is 12.1 Å². The van der Waals surface area contributed by atoms with Crippen LogP contribution in [0.25, 0.3) is 32.8 Å². The number of anilines is 1. The molecule has 4 aromatic rings. The van der Waals surface area contributed by atoms with E-state index in [0.29, 0.717) is 38.9 Å². The van der Waals surface area contributed by atoms with Crippen LogP contribution in [0.3, 0.4) is 0 Å². The summed E-state index contributed by atoms with van der Waals surface area (Å²) < 4.78 is 101. The Labute approximate surface area is 309 Å². The minimum atomic E-state index is -1.28. The fourth-order valence-corrected chi connectivity index (χ4v) is 8.75. The Morgan fingerprint density at radius 1 is 0.963 bits per heavy atom. The lowest BCUT2D eigenvalue weighted by Gasteiger charge is -2.51. The first-order chi connectivity index (χ1) is 25.7. The smallest absolute Gasteiger partial charge is 0.410 e. The van der Waals surface area contributed by atoms with E-state index in [2.05, 4.69) is 9.88 Å². The van der Waals surface area contributed by atoms with Crippen molar-refractivity contribution in [1.29, 1.82) is 0 Å². The number of benzene rings is 3. The number of halogens is 5. The lowest BCUT2D eigenvalue weighted by atomic mass is 9.90. The Hall–Kier alpha value is -4.50. The van der Waals surface area contributed by atoms with E-state index in [9.17, 15) is 13.6 Å². The molecule has 0 N–H and O–H groups in total. The monoisotopic (exact) mass is 755 g/mol. The standard InChI is InChI=1S/C39H42F5N5O5/c1-38(2,3)54-37(50)49-18-23-7-8-24(49)17-48(23)35-27-14-29(42)31(26-13-25(53-20-51-4)12-21-6-9-28(41)32(43)30(21)26)33(44)34(27)45-36(46-35)52-19-39-10-5-11-47(39)16-22(40)15-39/h6,9,12-14,22-24H,5,7-8,10-11,15-20H2,1-4H3/t22-,23+,24-,39+/m1/s1. The van der Waals surface area contributed by atoms with Gasteiger partial charge in [-0.1, -0.05) is 6.07 Å². The Morgan fingerprint density at radius 3 is 2.50 bits per heavy atom. The lowest BCUT2D eigenvalue weighted by Crippen LogP contribution is -2.64. The highest BCUT2D eigenvalue weighted by atomic mass is 19.2. The lowest BCUT2D eigenvalue weighted by molar-refractivity contribution is 0.000787. The summed E-state index contributed by atoms with van der Waals surface area (Å²) >= 11 is 0. The van der Waals surface area contributed by atoms with Crippen molar-refractivity contribution in [2.24, 2.45) is 0 Å². The first-order valence-electron chi connectivity index (χ1n) is 18.3. The molecule has 0 unspecified atom stereocenters. The molecule has 1 aromatic heterocycles. The minimum absolute atomic E-state index is 0.0329. The topological polar surface area (TPSA) is 89.5 Å². The van der Waals surface area contributed by atoms with Gasteiger partial charge < -0.3 is 28.7 Å². The number of amides is 1. The molecule has 5 saturated heterocycles. The van der Waals surface area contributed by atoms with Crippen molar-refractivity contribution in [3.63, 3.8) is 0 Å². The summed E-state index contributed by atoms with van der Waals surface area (Å²) in [5.74, 6) is -4.37. The van der Waals surface area contributed by atoms with Gasteiger partial charge in [-0.2, -0.15) is 9.97 Å². The largest absolute Gasteiger partial charge is 0.468 e. The fourth-order valence-electron chi connectivity index (χ4n) is 8.75. The number of carbonyl (C=O) groups excluding carboxylic acids is 1. The van der Waals surface area contributed by atoms with E-state index in [1.807, 2.05) is 4.90 Å². The van der Waals surface area contributed by atoms with Gasteiger partial charge in [-0.15, -0.1) is 0 Å². The molecule has 0 aliphatic carbocycles. The third-order valence-electron chi connectivity index (χ3n) is 11.1. The number of fused-ring (bicyclic) bond motifs is 6. The second-order valence-corrected chi connectivity index (χ2v) is 15.8. The van der Waals surface area contributed by atoms with Gasteiger partial charge in [0, 0.05) is 55.5 Å². The Bertz CT molecular complexity index is 2130. The number of ether oxygens (including phenoxy) is 4. The second-order valence-electron chi connectivity index (χ2n) is 15.8.